The Bertz CT molecular complexity index is 602. The van der Waals surface area contributed by atoms with E-state index < -0.39 is 4.92 Å². The van der Waals surface area contributed by atoms with Gasteiger partial charge >= 0.3 is 5.69 Å². The highest BCUT2D eigenvalue weighted by atomic mass is 35.5. The first-order valence-electron chi connectivity index (χ1n) is 5.12. The van der Waals surface area contributed by atoms with Crippen molar-refractivity contribution in [2.24, 2.45) is 0 Å². The smallest absolute Gasteiger partial charge is 0.338 e. The summed E-state index contributed by atoms with van der Waals surface area (Å²) in [6.45, 7) is 1.50. The fraction of sp³-hybridized carbons (Fsp3) is 0.0833. The minimum Gasteiger partial charge on any atom is -0.354 e. The highest BCUT2D eigenvalue weighted by molar-refractivity contribution is 6.30. The molecule has 0 unspecified atom stereocenters. The average molecular weight is 265 g/mol. The normalized spacial score (nSPS) is 11.0. The average Bonchev–Trinajstić information content (AvgIpc) is 2.70. The van der Waals surface area contributed by atoms with Crippen molar-refractivity contribution in [3.05, 3.63) is 56.4 Å². The summed E-state index contributed by atoms with van der Waals surface area (Å²) in [5.41, 5.74) is 0.960. The molecule has 1 aromatic carbocycles. The maximum atomic E-state index is 10.8. The third-order valence-electron chi connectivity index (χ3n) is 2.34. The molecule has 0 saturated heterocycles. The molecule has 18 heavy (non-hydrogen) atoms. The summed E-state index contributed by atoms with van der Waals surface area (Å²) < 4.78 is 4.80. The van der Waals surface area contributed by atoms with Crippen LogP contribution in [0.4, 0.5) is 5.69 Å². The summed E-state index contributed by atoms with van der Waals surface area (Å²) in [6.07, 6.45) is 3.25. The van der Waals surface area contributed by atoms with Crippen LogP contribution in [0.5, 0.6) is 0 Å². The zero-order valence-electron chi connectivity index (χ0n) is 9.46. The van der Waals surface area contributed by atoms with Crippen LogP contribution < -0.4 is 0 Å². The number of aryl methyl sites for hydroxylation is 1. The van der Waals surface area contributed by atoms with Crippen molar-refractivity contribution in [2.75, 3.05) is 0 Å². The Kier molecular flexibility index (Phi) is 3.43. The maximum Gasteiger partial charge on any atom is 0.338 e. The molecule has 0 N–H and O–H groups in total. The van der Waals surface area contributed by atoms with Crippen LogP contribution in [0.3, 0.4) is 0 Å². The molecule has 1 aromatic heterocycles. The summed E-state index contributed by atoms with van der Waals surface area (Å²) in [5, 5.41) is 15.1. The molecule has 1 heterocycles. The molecule has 0 radical (unpaired) electrons. The first-order chi connectivity index (χ1) is 8.58. The SMILES string of the molecule is Cc1onc(/C=C/c2ccc(Cl)cc2)c1[N+](=O)[O-]. The lowest BCUT2D eigenvalue weighted by Gasteiger charge is -1.92. The number of hydrogen-bond donors (Lipinski definition) is 0. The Morgan fingerprint density at radius 3 is 2.61 bits per heavy atom. The summed E-state index contributed by atoms with van der Waals surface area (Å²) >= 11 is 5.76. The molecule has 0 saturated carbocycles. The van der Waals surface area contributed by atoms with Gasteiger partial charge in [0.05, 0.1) is 4.92 Å². The largest absolute Gasteiger partial charge is 0.354 e. The van der Waals surface area contributed by atoms with Crippen LogP contribution in [0, 0.1) is 17.0 Å². The van der Waals surface area contributed by atoms with E-state index in [1.807, 2.05) is 0 Å². The second-order valence-corrected chi connectivity index (χ2v) is 4.05. The van der Waals surface area contributed by atoms with E-state index in [1.54, 1.807) is 30.3 Å². The first kappa shape index (κ1) is 12.3. The van der Waals surface area contributed by atoms with Gasteiger partial charge in [0.25, 0.3) is 0 Å². The number of nitro groups is 1. The van der Waals surface area contributed by atoms with Crippen molar-refractivity contribution in [3.63, 3.8) is 0 Å². The number of benzene rings is 1. The molecule has 6 heteroatoms. The van der Waals surface area contributed by atoms with Crippen LogP contribution in [-0.4, -0.2) is 10.1 Å². The monoisotopic (exact) mass is 264 g/mol. The molecule has 0 atom stereocenters. The summed E-state index contributed by atoms with van der Waals surface area (Å²) in [4.78, 5) is 10.3. The number of nitrogens with zero attached hydrogens (tertiary/aromatic N) is 2. The standard InChI is InChI=1S/C12H9ClN2O3/c1-8-12(15(16)17)11(14-18-8)7-4-9-2-5-10(13)6-3-9/h2-7H,1H3/b7-4+. The summed E-state index contributed by atoms with van der Waals surface area (Å²) in [7, 11) is 0. The molecule has 2 aromatic rings. The van der Waals surface area contributed by atoms with Gasteiger partial charge in [0.1, 0.15) is 0 Å². The van der Waals surface area contributed by atoms with Gasteiger partial charge in [0.2, 0.25) is 5.76 Å². The molecule has 0 spiro atoms. The van der Waals surface area contributed by atoms with E-state index in [2.05, 4.69) is 5.16 Å². The highest BCUT2D eigenvalue weighted by Gasteiger charge is 2.21. The van der Waals surface area contributed by atoms with E-state index in [9.17, 15) is 10.1 Å². The Morgan fingerprint density at radius 1 is 1.33 bits per heavy atom. The molecule has 0 fully saturated rings. The lowest BCUT2D eigenvalue weighted by atomic mass is 10.2. The van der Waals surface area contributed by atoms with E-state index in [-0.39, 0.29) is 17.1 Å². The molecule has 0 aliphatic rings. The van der Waals surface area contributed by atoms with Crippen molar-refractivity contribution in [1.82, 2.24) is 5.16 Å². The van der Waals surface area contributed by atoms with Gasteiger partial charge in [-0.05, 0) is 23.8 Å². The molecule has 0 bridgehead atoms. The third-order valence-corrected chi connectivity index (χ3v) is 2.60. The van der Waals surface area contributed by atoms with Crippen LogP contribution in [0.15, 0.2) is 28.8 Å². The molecule has 0 amide bonds. The van der Waals surface area contributed by atoms with Gasteiger partial charge in [-0.3, -0.25) is 10.1 Å². The fourth-order valence-electron chi connectivity index (χ4n) is 1.46. The van der Waals surface area contributed by atoms with Crippen molar-refractivity contribution in [3.8, 4) is 0 Å². The summed E-state index contributed by atoms with van der Waals surface area (Å²) in [5.74, 6) is 0.191. The molecular weight excluding hydrogens is 256 g/mol. The number of rotatable bonds is 3. The van der Waals surface area contributed by atoms with E-state index >= 15 is 0 Å². The van der Waals surface area contributed by atoms with E-state index in [4.69, 9.17) is 16.1 Å². The van der Waals surface area contributed by atoms with Gasteiger partial charge in [-0.25, -0.2) is 0 Å². The Labute approximate surface area is 108 Å². The van der Waals surface area contributed by atoms with E-state index in [1.165, 1.54) is 13.0 Å². The molecule has 2 rings (SSSR count). The second-order valence-electron chi connectivity index (χ2n) is 3.61. The van der Waals surface area contributed by atoms with Crippen LogP contribution in [0.2, 0.25) is 5.02 Å². The molecule has 0 aliphatic carbocycles. The van der Waals surface area contributed by atoms with Crippen LogP contribution >= 0.6 is 11.6 Å². The third kappa shape index (κ3) is 2.57. The van der Waals surface area contributed by atoms with E-state index in [0.29, 0.717) is 5.02 Å². The van der Waals surface area contributed by atoms with Crippen LogP contribution in [0.1, 0.15) is 17.0 Å². The minimum atomic E-state index is -0.507. The predicted molar refractivity (Wildman–Crippen MR) is 68.3 cm³/mol. The molecule has 92 valence electrons. The molecular formula is C12H9ClN2O3. The topological polar surface area (TPSA) is 69.2 Å². The van der Waals surface area contributed by atoms with E-state index in [0.717, 1.165) is 5.56 Å². The zero-order chi connectivity index (χ0) is 13.1. The molecule has 0 aliphatic heterocycles. The molecule has 5 nitrogen and oxygen atoms in total. The highest BCUT2D eigenvalue weighted by Crippen LogP contribution is 2.24. The van der Waals surface area contributed by atoms with Crippen molar-refractivity contribution in [2.45, 2.75) is 6.92 Å². The Balaban J connectivity index is 2.29. The van der Waals surface area contributed by atoms with Crippen molar-refractivity contribution >= 4 is 29.4 Å². The van der Waals surface area contributed by atoms with Crippen LogP contribution in [-0.2, 0) is 0 Å². The predicted octanol–water partition coefficient (Wildman–Crippen LogP) is 3.72. The second kappa shape index (κ2) is 5.01. The number of hydrogen-bond acceptors (Lipinski definition) is 4. The van der Waals surface area contributed by atoms with Gasteiger partial charge in [-0.15, -0.1) is 0 Å². The lowest BCUT2D eigenvalue weighted by molar-refractivity contribution is -0.386. The summed E-state index contributed by atoms with van der Waals surface area (Å²) in [6, 6.07) is 7.09. The first-order valence-corrected chi connectivity index (χ1v) is 5.50. The van der Waals surface area contributed by atoms with Crippen LogP contribution in [0.25, 0.3) is 12.2 Å². The Morgan fingerprint density at radius 2 is 2.00 bits per heavy atom. The lowest BCUT2D eigenvalue weighted by Crippen LogP contribution is -1.90. The fourth-order valence-corrected chi connectivity index (χ4v) is 1.59. The van der Waals surface area contributed by atoms with Gasteiger partial charge in [0, 0.05) is 11.9 Å². The van der Waals surface area contributed by atoms with Gasteiger partial charge in [0.15, 0.2) is 5.69 Å². The quantitative estimate of drug-likeness (QED) is 0.626. The van der Waals surface area contributed by atoms with Gasteiger partial charge in [-0.1, -0.05) is 35.0 Å². The minimum absolute atomic E-state index is 0.111. The maximum absolute atomic E-state index is 10.8. The zero-order valence-corrected chi connectivity index (χ0v) is 10.2. The van der Waals surface area contributed by atoms with Gasteiger partial charge < -0.3 is 4.52 Å². The number of aromatic nitrogens is 1. The van der Waals surface area contributed by atoms with Gasteiger partial charge in [-0.2, -0.15) is 0 Å². The number of halogens is 1. The van der Waals surface area contributed by atoms with Crippen molar-refractivity contribution in [1.29, 1.82) is 0 Å². The Hall–Kier alpha value is -2.14. The van der Waals surface area contributed by atoms with Crippen molar-refractivity contribution < 1.29 is 9.45 Å².